The van der Waals surface area contributed by atoms with E-state index in [4.69, 9.17) is 11.6 Å². The molecule has 1 N–H and O–H groups in total. The van der Waals surface area contributed by atoms with Crippen LogP contribution < -0.4 is 9.62 Å². The molecular weight excluding hydrogens is 450 g/mol. The summed E-state index contributed by atoms with van der Waals surface area (Å²) in [4.78, 5) is 27.3. The Morgan fingerprint density at radius 2 is 1.78 bits per heavy atom. The number of para-hydroxylation sites is 1. The van der Waals surface area contributed by atoms with Crippen molar-refractivity contribution in [3.8, 4) is 0 Å². The first-order valence-electron chi connectivity index (χ1n) is 10.7. The highest BCUT2D eigenvalue weighted by molar-refractivity contribution is 7.92. The molecule has 9 heteroatoms. The van der Waals surface area contributed by atoms with Crippen molar-refractivity contribution in [3.63, 3.8) is 0 Å². The molecule has 0 aromatic heterocycles. The molecule has 1 aliphatic heterocycles. The first-order chi connectivity index (χ1) is 15.3. The van der Waals surface area contributed by atoms with E-state index in [2.05, 4.69) is 5.32 Å². The number of likely N-dealkylation sites (tertiary alicyclic amines) is 1. The Morgan fingerprint density at radius 3 is 2.47 bits per heavy atom. The number of hydrogen-bond acceptors (Lipinski definition) is 4. The lowest BCUT2D eigenvalue weighted by Gasteiger charge is -2.27. The Bertz CT molecular complexity index is 1070. The second-order valence-electron chi connectivity index (χ2n) is 7.87. The molecule has 3 rings (SSSR count). The van der Waals surface area contributed by atoms with Crippen molar-refractivity contribution in [1.29, 1.82) is 0 Å². The van der Waals surface area contributed by atoms with Crippen molar-refractivity contribution in [1.82, 2.24) is 4.90 Å². The molecule has 2 amide bonds. The zero-order valence-electron chi connectivity index (χ0n) is 18.1. The summed E-state index contributed by atoms with van der Waals surface area (Å²) >= 11 is 5.99. The maximum absolute atomic E-state index is 12.9. The summed E-state index contributed by atoms with van der Waals surface area (Å²) in [6.45, 7) is 1.60. The SMILES string of the molecule is CS(=O)(=O)N(CCCC(=O)Nc1ccccc1C(=O)N1CCCCC1)c1cccc(Cl)c1. The summed E-state index contributed by atoms with van der Waals surface area (Å²) in [5.41, 5.74) is 1.40. The van der Waals surface area contributed by atoms with Gasteiger partial charge in [0.25, 0.3) is 5.91 Å². The monoisotopic (exact) mass is 477 g/mol. The van der Waals surface area contributed by atoms with Crippen LogP contribution in [-0.2, 0) is 14.8 Å². The molecule has 2 aromatic rings. The van der Waals surface area contributed by atoms with Crippen LogP contribution in [0.2, 0.25) is 5.02 Å². The van der Waals surface area contributed by atoms with Crippen LogP contribution in [0.3, 0.4) is 0 Å². The average molecular weight is 478 g/mol. The van der Waals surface area contributed by atoms with E-state index in [1.165, 1.54) is 4.31 Å². The van der Waals surface area contributed by atoms with Gasteiger partial charge in [-0.3, -0.25) is 13.9 Å². The van der Waals surface area contributed by atoms with Gasteiger partial charge in [0.15, 0.2) is 0 Å². The third-order valence-corrected chi connectivity index (χ3v) is 6.77. The maximum Gasteiger partial charge on any atom is 0.255 e. The molecule has 0 saturated carbocycles. The molecule has 1 heterocycles. The number of carbonyl (C=O) groups is 2. The number of rotatable bonds is 8. The number of anilines is 2. The molecule has 0 atom stereocenters. The van der Waals surface area contributed by atoms with E-state index in [9.17, 15) is 18.0 Å². The summed E-state index contributed by atoms with van der Waals surface area (Å²) in [6, 6.07) is 13.6. The van der Waals surface area contributed by atoms with Crippen molar-refractivity contribution < 1.29 is 18.0 Å². The minimum atomic E-state index is -3.53. The van der Waals surface area contributed by atoms with Crippen molar-refractivity contribution in [2.24, 2.45) is 0 Å². The largest absolute Gasteiger partial charge is 0.339 e. The van der Waals surface area contributed by atoms with Crippen LogP contribution >= 0.6 is 11.6 Å². The van der Waals surface area contributed by atoms with Gasteiger partial charge in [-0.15, -0.1) is 0 Å². The second-order valence-corrected chi connectivity index (χ2v) is 10.2. The number of hydrogen-bond donors (Lipinski definition) is 1. The maximum atomic E-state index is 12.9. The number of carbonyl (C=O) groups excluding carboxylic acids is 2. The van der Waals surface area contributed by atoms with Crippen molar-refractivity contribution in [2.75, 3.05) is 35.5 Å². The molecule has 0 aliphatic carbocycles. The normalized spacial score (nSPS) is 14.1. The van der Waals surface area contributed by atoms with Gasteiger partial charge < -0.3 is 10.2 Å². The Balaban J connectivity index is 1.62. The van der Waals surface area contributed by atoms with Gasteiger partial charge in [-0.2, -0.15) is 0 Å². The zero-order valence-corrected chi connectivity index (χ0v) is 19.7. The first-order valence-corrected chi connectivity index (χ1v) is 12.9. The fourth-order valence-electron chi connectivity index (χ4n) is 3.76. The molecule has 0 radical (unpaired) electrons. The summed E-state index contributed by atoms with van der Waals surface area (Å²) in [5.74, 6) is -0.353. The summed E-state index contributed by atoms with van der Waals surface area (Å²) in [6.07, 6.45) is 4.65. The highest BCUT2D eigenvalue weighted by atomic mass is 35.5. The molecule has 0 unspecified atom stereocenters. The Kier molecular flexibility index (Phi) is 8.15. The van der Waals surface area contributed by atoms with Crippen LogP contribution in [-0.4, -0.2) is 51.0 Å². The van der Waals surface area contributed by atoms with Crippen LogP contribution in [0.25, 0.3) is 0 Å². The zero-order chi connectivity index (χ0) is 23.1. The fourth-order valence-corrected chi connectivity index (χ4v) is 4.90. The van der Waals surface area contributed by atoms with Crippen LogP contribution in [0.4, 0.5) is 11.4 Å². The number of halogens is 1. The molecule has 1 aliphatic rings. The predicted octanol–water partition coefficient (Wildman–Crippen LogP) is 4.15. The summed E-state index contributed by atoms with van der Waals surface area (Å²) in [7, 11) is -3.53. The van der Waals surface area contributed by atoms with Gasteiger partial charge in [0, 0.05) is 31.1 Å². The highest BCUT2D eigenvalue weighted by Gasteiger charge is 2.22. The molecule has 1 saturated heterocycles. The molecule has 2 aromatic carbocycles. The second kappa shape index (κ2) is 10.8. The fraction of sp³-hybridized carbons (Fsp3) is 0.391. The minimum Gasteiger partial charge on any atom is -0.339 e. The quantitative estimate of drug-likeness (QED) is 0.618. The lowest BCUT2D eigenvalue weighted by molar-refractivity contribution is -0.116. The number of amides is 2. The minimum absolute atomic E-state index is 0.0789. The van der Waals surface area contributed by atoms with Crippen molar-refractivity contribution >= 4 is 44.8 Å². The Hall–Kier alpha value is -2.58. The van der Waals surface area contributed by atoms with E-state index in [1.807, 2.05) is 4.90 Å². The molecular formula is C23H28ClN3O4S. The number of nitrogens with zero attached hydrogens (tertiary/aromatic N) is 2. The molecule has 0 spiro atoms. The third-order valence-electron chi connectivity index (χ3n) is 5.34. The van der Waals surface area contributed by atoms with Gasteiger partial charge in [-0.1, -0.05) is 29.8 Å². The summed E-state index contributed by atoms with van der Waals surface area (Å²) in [5, 5.41) is 3.25. The molecule has 32 heavy (non-hydrogen) atoms. The van der Waals surface area contributed by atoms with Crippen molar-refractivity contribution in [3.05, 3.63) is 59.1 Å². The van der Waals surface area contributed by atoms with E-state index in [1.54, 1.807) is 48.5 Å². The topological polar surface area (TPSA) is 86.8 Å². The van der Waals surface area contributed by atoms with E-state index >= 15 is 0 Å². The van der Waals surface area contributed by atoms with Gasteiger partial charge in [0.2, 0.25) is 15.9 Å². The van der Waals surface area contributed by atoms with E-state index in [0.29, 0.717) is 28.4 Å². The van der Waals surface area contributed by atoms with E-state index < -0.39 is 10.0 Å². The van der Waals surface area contributed by atoms with Gasteiger partial charge >= 0.3 is 0 Å². The predicted molar refractivity (Wildman–Crippen MR) is 128 cm³/mol. The molecule has 7 nitrogen and oxygen atoms in total. The lowest BCUT2D eigenvalue weighted by Crippen LogP contribution is -2.36. The Labute approximate surface area is 194 Å². The van der Waals surface area contributed by atoms with Crippen LogP contribution in [0.15, 0.2) is 48.5 Å². The number of nitrogens with one attached hydrogen (secondary N) is 1. The number of sulfonamides is 1. The standard InChI is InChI=1S/C23H28ClN3O4S/c1-32(30,31)27(19-10-7-9-18(24)17-19)16-8-13-22(28)25-21-12-4-3-11-20(21)23(29)26-14-5-2-6-15-26/h3-4,7,9-12,17H,2,5-6,8,13-16H2,1H3,(H,25,28). The van der Waals surface area contributed by atoms with Gasteiger partial charge in [-0.25, -0.2) is 8.42 Å². The van der Waals surface area contributed by atoms with Gasteiger partial charge in [0.1, 0.15) is 0 Å². The Morgan fingerprint density at radius 1 is 1.06 bits per heavy atom. The van der Waals surface area contributed by atoms with Crippen LogP contribution in [0.1, 0.15) is 42.5 Å². The number of benzene rings is 2. The van der Waals surface area contributed by atoms with Gasteiger partial charge in [-0.05, 0) is 56.0 Å². The van der Waals surface area contributed by atoms with Crippen LogP contribution in [0, 0.1) is 0 Å². The molecule has 172 valence electrons. The lowest BCUT2D eigenvalue weighted by atomic mass is 10.1. The number of piperidine rings is 1. The smallest absolute Gasteiger partial charge is 0.255 e. The summed E-state index contributed by atoms with van der Waals surface area (Å²) < 4.78 is 25.7. The van der Waals surface area contributed by atoms with E-state index in [-0.39, 0.29) is 24.8 Å². The van der Waals surface area contributed by atoms with Gasteiger partial charge in [0.05, 0.1) is 23.2 Å². The molecule has 1 fully saturated rings. The van der Waals surface area contributed by atoms with Crippen molar-refractivity contribution in [2.45, 2.75) is 32.1 Å². The first kappa shape index (κ1) is 24.1. The van der Waals surface area contributed by atoms with E-state index in [0.717, 1.165) is 38.6 Å². The molecule has 0 bridgehead atoms. The average Bonchev–Trinajstić information content (AvgIpc) is 2.76. The third kappa shape index (κ3) is 6.46. The highest BCUT2D eigenvalue weighted by Crippen LogP contribution is 2.23. The van der Waals surface area contributed by atoms with Crippen LogP contribution in [0.5, 0.6) is 0 Å².